The van der Waals surface area contributed by atoms with Gasteiger partial charge in [-0.1, -0.05) is 236 Å². The van der Waals surface area contributed by atoms with Crippen LogP contribution in [-0.4, -0.2) is 70.0 Å². The maximum Gasteiger partial charge on any atom is 0.306 e. The summed E-state index contributed by atoms with van der Waals surface area (Å²) in [5.41, 5.74) is 0. The van der Waals surface area contributed by atoms with Gasteiger partial charge in [-0.15, -0.1) is 0 Å². The lowest BCUT2D eigenvalue weighted by Crippen LogP contribution is -2.37. The van der Waals surface area contributed by atoms with Crippen LogP contribution in [0.5, 0.6) is 0 Å². The third kappa shape index (κ3) is 53.2. The van der Waals surface area contributed by atoms with Crippen LogP contribution >= 0.6 is 7.82 Å². The largest absolute Gasteiger partial charge is 0.756 e. The molecule has 0 amide bonds. The monoisotopic (exact) mass is 964 g/mol. The highest BCUT2D eigenvalue weighted by atomic mass is 31.2. The number of carbonyl (C=O) groups excluding carboxylic acids is 2. The summed E-state index contributed by atoms with van der Waals surface area (Å²) in [6.45, 7) is 4.14. The van der Waals surface area contributed by atoms with Gasteiger partial charge in [0.1, 0.15) is 19.8 Å². The Morgan fingerprint density at radius 3 is 1.27 bits per heavy atom. The SMILES string of the molecule is CC/C=C\C/C=C\C/C=C\C/C=C\CCCCCCCCCCCCCCCCCCCCC(=O)OC(COC(=O)CCCCCCCCCCCCCC)COP(=O)([O-])OCC[N+](C)(C)C. The molecule has 0 saturated heterocycles. The fourth-order valence-corrected chi connectivity index (χ4v) is 8.55. The van der Waals surface area contributed by atoms with Crippen LogP contribution in [0.4, 0.5) is 0 Å². The lowest BCUT2D eigenvalue weighted by atomic mass is 10.0. The van der Waals surface area contributed by atoms with Crippen molar-refractivity contribution in [1.29, 1.82) is 0 Å². The van der Waals surface area contributed by atoms with Gasteiger partial charge < -0.3 is 27.9 Å². The molecular weight excluding hydrogens is 858 g/mol. The van der Waals surface area contributed by atoms with Crippen molar-refractivity contribution in [2.45, 2.75) is 258 Å². The van der Waals surface area contributed by atoms with Crippen LogP contribution in [-0.2, 0) is 32.7 Å². The Balaban J connectivity index is 4.02. The van der Waals surface area contributed by atoms with Gasteiger partial charge in [0.2, 0.25) is 0 Å². The molecule has 2 unspecified atom stereocenters. The Morgan fingerprint density at radius 1 is 0.478 bits per heavy atom. The number of esters is 2. The van der Waals surface area contributed by atoms with E-state index >= 15 is 0 Å². The molecule has 0 aromatic heterocycles. The second kappa shape index (κ2) is 49.0. The Hall–Kier alpha value is -2.03. The van der Waals surface area contributed by atoms with E-state index in [9.17, 15) is 19.0 Å². The number of allylic oxidation sites excluding steroid dienone is 8. The minimum Gasteiger partial charge on any atom is -0.756 e. The lowest BCUT2D eigenvalue weighted by Gasteiger charge is -2.28. The molecule has 0 heterocycles. The molecule has 392 valence electrons. The Bertz CT molecular complexity index is 1270. The minimum absolute atomic E-state index is 0.0289. The number of phosphoric acid groups is 1. The van der Waals surface area contributed by atoms with Gasteiger partial charge in [0.25, 0.3) is 7.82 Å². The molecular formula is C57H106NO8P. The summed E-state index contributed by atoms with van der Waals surface area (Å²) in [5.74, 6) is -0.823. The molecule has 0 N–H and O–H groups in total. The molecule has 9 nitrogen and oxygen atoms in total. The van der Waals surface area contributed by atoms with Crippen molar-refractivity contribution in [3.8, 4) is 0 Å². The summed E-state index contributed by atoms with van der Waals surface area (Å²) in [5, 5.41) is 0. The molecule has 0 spiro atoms. The minimum atomic E-state index is -4.63. The van der Waals surface area contributed by atoms with Crippen LogP contribution in [0.2, 0.25) is 0 Å². The average molecular weight is 964 g/mol. The third-order valence-electron chi connectivity index (χ3n) is 12.1. The van der Waals surface area contributed by atoms with Gasteiger partial charge in [-0.2, -0.15) is 0 Å². The number of likely N-dealkylation sites (N-methyl/N-ethyl adjacent to an activating group) is 1. The van der Waals surface area contributed by atoms with Crippen molar-refractivity contribution in [3.05, 3.63) is 48.6 Å². The standard InChI is InChI=1S/C57H106NO8P/c1-6-8-10-12-14-16-18-20-21-22-23-24-25-26-27-28-29-30-31-32-33-34-35-36-37-38-40-42-44-46-48-50-57(60)66-55(54-65-67(61,62)64-52-51-58(3,4)5)53-63-56(59)49-47-45-43-41-39-19-17-15-13-11-9-7-2/h8,10,14,16,20-21,23-24,55H,6-7,9,11-13,15,17-19,22,25-54H2,1-5H3/b10-8-,16-14-,21-20-,24-23-. The van der Waals surface area contributed by atoms with Crippen LogP contribution in [0.3, 0.4) is 0 Å². The van der Waals surface area contributed by atoms with Crippen molar-refractivity contribution < 1.29 is 42.1 Å². The summed E-state index contributed by atoms with van der Waals surface area (Å²) in [7, 11) is 1.18. The van der Waals surface area contributed by atoms with Crippen molar-refractivity contribution in [3.63, 3.8) is 0 Å². The fourth-order valence-electron chi connectivity index (χ4n) is 7.83. The normalized spacial score (nSPS) is 13.7. The molecule has 0 aromatic rings. The van der Waals surface area contributed by atoms with Crippen LogP contribution in [0.25, 0.3) is 0 Å². The second-order valence-corrected chi connectivity index (χ2v) is 21.3. The number of nitrogens with zero attached hydrogens (tertiary/aromatic N) is 1. The molecule has 0 aliphatic rings. The first kappa shape index (κ1) is 65.0. The van der Waals surface area contributed by atoms with E-state index in [4.69, 9.17) is 18.5 Å². The topological polar surface area (TPSA) is 111 Å². The van der Waals surface area contributed by atoms with Crippen LogP contribution in [0.15, 0.2) is 48.6 Å². The quantitative estimate of drug-likeness (QED) is 0.0195. The van der Waals surface area contributed by atoms with Crippen molar-refractivity contribution >= 4 is 19.8 Å². The van der Waals surface area contributed by atoms with E-state index in [0.717, 1.165) is 64.2 Å². The Morgan fingerprint density at radius 2 is 0.851 bits per heavy atom. The smallest absolute Gasteiger partial charge is 0.306 e. The molecule has 0 radical (unpaired) electrons. The highest BCUT2D eigenvalue weighted by Crippen LogP contribution is 2.38. The van der Waals surface area contributed by atoms with E-state index in [2.05, 4.69) is 62.5 Å². The van der Waals surface area contributed by atoms with Crippen molar-refractivity contribution in [1.82, 2.24) is 0 Å². The molecule has 2 atom stereocenters. The molecule has 0 rings (SSSR count). The molecule has 0 aliphatic heterocycles. The summed E-state index contributed by atoms with van der Waals surface area (Å²) in [6.07, 6.45) is 60.2. The number of quaternary nitrogens is 1. The number of carbonyl (C=O) groups is 2. The maximum atomic E-state index is 12.8. The van der Waals surface area contributed by atoms with E-state index < -0.39 is 26.5 Å². The fraction of sp³-hybridized carbons (Fsp3) is 0.825. The summed E-state index contributed by atoms with van der Waals surface area (Å²) in [4.78, 5) is 37.7. The van der Waals surface area contributed by atoms with Gasteiger partial charge in [-0.3, -0.25) is 14.2 Å². The maximum absolute atomic E-state index is 12.8. The van der Waals surface area contributed by atoms with Gasteiger partial charge in [0.15, 0.2) is 6.10 Å². The summed E-state index contributed by atoms with van der Waals surface area (Å²) >= 11 is 0. The van der Waals surface area contributed by atoms with E-state index in [-0.39, 0.29) is 32.0 Å². The molecule has 0 saturated carbocycles. The van der Waals surface area contributed by atoms with Crippen molar-refractivity contribution in [2.75, 3.05) is 47.5 Å². The van der Waals surface area contributed by atoms with Gasteiger partial charge in [0.05, 0.1) is 27.7 Å². The van der Waals surface area contributed by atoms with Crippen molar-refractivity contribution in [2.24, 2.45) is 0 Å². The zero-order chi connectivity index (χ0) is 49.2. The van der Waals surface area contributed by atoms with E-state index in [1.54, 1.807) is 0 Å². The highest BCUT2D eigenvalue weighted by Gasteiger charge is 2.21. The molecule has 10 heteroatoms. The van der Waals surface area contributed by atoms with E-state index in [0.29, 0.717) is 17.4 Å². The van der Waals surface area contributed by atoms with Crippen LogP contribution in [0.1, 0.15) is 251 Å². The summed E-state index contributed by atoms with van der Waals surface area (Å²) in [6, 6.07) is 0. The average Bonchev–Trinajstić information content (AvgIpc) is 3.29. The van der Waals surface area contributed by atoms with Gasteiger partial charge in [0, 0.05) is 12.8 Å². The zero-order valence-electron chi connectivity index (χ0n) is 44.3. The first-order valence-electron chi connectivity index (χ1n) is 27.8. The first-order chi connectivity index (χ1) is 32.5. The molecule has 0 fully saturated rings. The second-order valence-electron chi connectivity index (χ2n) is 19.9. The molecule has 67 heavy (non-hydrogen) atoms. The number of phosphoric ester groups is 1. The molecule has 0 bridgehead atoms. The Labute approximate surface area is 414 Å². The number of unbranched alkanes of at least 4 members (excludes halogenated alkanes) is 29. The number of hydrogen-bond donors (Lipinski definition) is 0. The van der Waals surface area contributed by atoms with Gasteiger partial charge >= 0.3 is 11.9 Å². The Kier molecular flexibility index (Phi) is 47.5. The molecule has 0 aliphatic carbocycles. The van der Waals surface area contributed by atoms with Crippen LogP contribution in [0, 0.1) is 0 Å². The molecule has 0 aromatic carbocycles. The number of hydrogen-bond acceptors (Lipinski definition) is 8. The van der Waals surface area contributed by atoms with Gasteiger partial charge in [-0.05, 0) is 51.4 Å². The third-order valence-corrected chi connectivity index (χ3v) is 13.1. The predicted molar refractivity (Wildman–Crippen MR) is 282 cm³/mol. The number of ether oxygens (including phenoxy) is 2. The lowest BCUT2D eigenvalue weighted by molar-refractivity contribution is -0.870. The summed E-state index contributed by atoms with van der Waals surface area (Å²) < 4.78 is 34.1. The first-order valence-corrected chi connectivity index (χ1v) is 29.3. The zero-order valence-corrected chi connectivity index (χ0v) is 45.2. The predicted octanol–water partition coefficient (Wildman–Crippen LogP) is 16.3. The highest BCUT2D eigenvalue weighted by molar-refractivity contribution is 7.45. The van der Waals surface area contributed by atoms with E-state index in [1.165, 1.54) is 154 Å². The van der Waals surface area contributed by atoms with E-state index in [1.807, 2.05) is 21.1 Å². The number of rotatable bonds is 51. The van der Waals surface area contributed by atoms with Gasteiger partial charge in [-0.25, -0.2) is 0 Å². The van der Waals surface area contributed by atoms with Crippen LogP contribution < -0.4 is 4.89 Å².